The molecule has 5 nitrogen and oxygen atoms in total. The predicted octanol–water partition coefficient (Wildman–Crippen LogP) is 2.94. The SMILES string of the molecule is CCN(CC(F)(F)F)C(=O)Nc1ccc(C(=O)O)c(F)c1. The number of halogens is 4. The van der Waals surface area contributed by atoms with Crippen molar-refractivity contribution in [2.75, 3.05) is 18.4 Å². The molecule has 1 aromatic rings. The Morgan fingerprint density at radius 1 is 1.33 bits per heavy atom. The lowest BCUT2D eigenvalue weighted by Crippen LogP contribution is -2.41. The first-order chi connectivity index (χ1) is 9.64. The summed E-state index contributed by atoms with van der Waals surface area (Å²) in [5.41, 5.74) is -0.737. The standard InChI is InChI=1S/C12H12F4N2O3/c1-2-18(6-12(14,15)16)11(21)17-7-3-4-8(10(19)20)9(13)5-7/h3-5H,2,6H2,1H3,(H,17,21)(H,19,20). The van der Waals surface area contributed by atoms with Gasteiger partial charge in [0.15, 0.2) is 0 Å². The zero-order valence-electron chi connectivity index (χ0n) is 10.9. The minimum Gasteiger partial charge on any atom is -0.478 e. The Kier molecular flexibility index (Phi) is 5.12. The molecule has 0 aliphatic heterocycles. The van der Waals surface area contributed by atoms with E-state index in [9.17, 15) is 27.2 Å². The van der Waals surface area contributed by atoms with Crippen LogP contribution in [0, 0.1) is 5.82 Å². The summed E-state index contributed by atoms with van der Waals surface area (Å²) in [6.07, 6.45) is -4.55. The first kappa shape index (κ1) is 16.7. The van der Waals surface area contributed by atoms with Gasteiger partial charge < -0.3 is 15.3 Å². The quantitative estimate of drug-likeness (QED) is 0.840. The zero-order chi connectivity index (χ0) is 16.2. The fourth-order valence-electron chi connectivity index (χ4n) is 1.51. The van der Waals surface area contributed by atoms with Crippen molar-refractivity contribution in [3.8, 4) is 0 Å². The van der Waals surface area contributed by atoms with Gasteiger partial charge in [0.25, 0.3) is 0 Å². The van der Waals surface area contributed by atoms with Crippen LogP contribution in [0.2, 0.25) is 0 Å². The molecule has 1 aromatic carbocycles. The monoisotopic (exact) mass is 308 g/mol. The van der Waals surface area contributed by atoms with E-state index in [4.69, 9.17) is 5.11 Å². The number of carboxylic acids is 1. The largest absolute Gasteiger partial charge is 0.478 e. The lowest BCUT2D eigenvalue weighted by atomic mass is 10.2. The van der Waals surface area contributed by atoms with Crippen LogP contribution in [0.25, 0.3) is 0 Å². The van der Waals surface area contributed by atoms with Gasteiger partial charge in [-0.1, -0.05) is 0 Å². The molecule has 0 atom stereocenters. The number of benzene rings is 1. The lowest BCUT2D eigenvalue weighted by Gasteiger charge is -2.22. The molecule has 1 rings (SSSR count). The molecule has 0 fully saturated rings. The van der Waals surface area contributed by atoms with Crippen LogP contribution in [0.3, 0.4) is 0 Å². The summed E-state index contributed by atoms with van der Waals surface area (Å²) in [5.74, 6) is -2.59. The fourth-order valence-corrected chi connectivity index (χ4v) is 1.51. The summed E-state index contributed by atoms with van der Waals surface area (Å²) in [6.45, 7) is -0.272. The minimum absolute atomic E-state index is 0.136. The average Bonchev–Trinajstić information content (AvgIpc) is 2.34. The van der Waals surface area contributed by atoms with Gasteiger partial charge in [-0.2, -0.15) is 13.2 Å². The van der Waals surface area contributed by atoms with Gasteiger partial charge in [0.2, 0.25) is 0 Å². The second kappa shape index (κ2) is 6.42. The number of amides is 2. The summed E-state index contributed by atoms with van der Waals surface area (Å²) in [6, 6.07) is 1.67. The van der Waals surface area contributed by atoms with Gasteiger partial charge >= 0.3 is 18.2 Å². The van der Waals surface area contributed by atoms with Crippen molar-refractivity contribution in [1.82, 2.24) is 4.90 Å². The molecule has 2 N–H and O–H groups in total. The lowest BCUT2D eigenvalue weighted by molar-refractivity contribution is -0.139. The van der Waals surface area contributed by atoms with E-state index in [1.54, 1.807) is 0 Å². The number of aromatic carboxylic acids is 1. The topological polar surface area (TPSA) is 69.6 Å². The zero-order valence-corrected chi connectivity index (χ0v) is 10.9. The van der Waals surface area contributed by atoms with Crippen molar-refractivity contribution in [3.05, 3.63) is 29.6 Å². The summed E-state index contributed by atoms with van der Waals surface area (Å²) in [7, 11) is 0. The van der Waals surface area contributed by atoms with Gasteiger partial charge in [-0.25, -0.2) is 14.0 Å². The maximum absolute atomic E-state index is 13.4. The van der Waals surface area contributed by atoms with Crippen molar-refractivity contribution in [2.45, 2.75) is 13.1 Å². The van der Waals surface area contributed by atoms with E-state index in [1.165, 1.54) is 6.92 Å². The Morgan fingerprint density at radius 3 is 2.38 bits per heavy atom. The van der Waals surface area contributed by atoms with E-state index in [2.05, 4.69) is 5.32 Å². The average molecular weight is 308 g/mol. The second-order valence-corrected chi connectivity index (χ2v) is 4.06. The van der Waals surface area contributed by atoms with Crippen molar-refractivity contribution < 1.29 is 32.3 Å². The third kappa shape index (κ3) is 4.93. The number of urea groups is 1. The second-order valence-electron chi connectivity index (χ2n) is 4.06. The Balaban J connectivity index is 2.82. The Morgan fingerprint density at radius 2 is 1.95 bits per heavy atom. The van der Waals surface area contributed by atoms with Crippen LogP contribution in [-0.4, -0.2) is 41.3 Å². The number of alkyl halides is 3. The highest BCUT2D eigenvalue weighted by atomic mass is 19.4. The highest BCUT2D eigenvalue weighted by Gasteiger charge is 2.32. The molecule has 0 aliphatic carbocycles. The summed E-state index contributed by atoms with van der Waals surface area (Å²) < 4.78 is 50.1. The maximum atomic E-state index is 13.4. The van der Waals surface area contributed by atoms with Crippen LogP contribution in [-0.2, 0) is 0 Å². The predicted molar refractivity (Wildman–Crippen MR) is 65.7 cm³/mol. The van der Waals surface area contributed by atoms with Crippen LogP contribution in [0.4, 0.5) is 28.0 Å². The summed E-state index contributed by atoms with van der Waals surface area (Å²) >= 11 is 0. The fraction of sp³-hybridized carbons (Fsp3) is 0.333. The molecule has 0 heterocycles. The van der Waals surface area contributed by atoms with E-state index < -0.39 is 36.1 Å². The van der Waals surface area contributed by atoms with Crippen LogP contribution in [0.15, 0.2) is 18.2 Å². The molecule has 9 heteroatoms. The molecule has 0 unspecified atom stereocenters. The minimum atomic E-state index is -4.55. The van der Waals surface area contributed by atoms with Gasteiger partial charge in [-0.3, -0.25) is 0 Å². The van der Waals surface area contributed by atoms with Gasteiger partial charge in [0.1, 0.15) is 12.4 Å². The molecule has 0 aliphatic rings. The van der Waals surface area contributed by atoms with Crippen LogP contribution >= 0.6 is 0 Å². The smallest absolute Gasteiger partial charge is 0.406 e. The first-order valence-electron chi connectivity index (χ1n) is 5.79. The third-order valence-electron chi connectivity index (χ3n) is 2.49. The number of nitrogens with one attached hydrogen (secondary N) is 1. The van der Waals surface area contributed by atoms with E-state index in [0.29, 0.717) is 4.90 Å². The van der Waals surface area contributed by atoms with Gasteiger partial charge in [0.05, 0.1) is 5.56 Å². The Bertz CT molecular complexity index is 546. The molecule has 0 bridgehead atoms. The normalized spacial score (nSPS) is 11.1. The molecule has 21 heavy (non-hydrogen) atoms. The molecular formula is C12H12F4N2O3. The van der Waals surface area contributed by atoms with E-state index in [1.807, 2.05) is 0 Å². The molecule has 2 amide bonds. The summed E-state index contributed by atoms with van der Waals surface area (Å²) in [5, 5.41) is 10.7. The van der Waals surface area contributed by atoms with E-state index >= 15 is 0 Å². The molecule has 116 valence electrons. The number of hydrogen-bond acceptors (Lipinski definition) is 2. The first-order valence-corrected chi connectivity index (χ1v) is 5.79. The van der Waals surface area contributed by atoms with Crippen LogP contribution in [0.1, 0.15) is 17.3 Å². The van der Waals surface area contributed by atoms with Crippen LogP contribution < -0.4 is 5.32 Å². The molecule has 0 aromatic heterocycles. The van der Waals surface area contributed by atoms with Crippen molar-refractivity contribution in [1.29, 1.82) is 0 Å². The maximum Gasteiger partial charge on any atom is 0.406 e. The van der Waals surface area contributed by atoms with Crippen LogP contribution in [0.5, 0.6) is 0 Å². The number of rotatable bonds is 4. The Labute approximate surface area is 117 Å². The highest BCUT2D eigenvalue weighted by Crippen LogP contribution is 2.18. The third-order valence-corrected chi connectivity index (χ3v) is 2.49. The molecule has 0 saturated carbocycles. The van der Waals surface area contributed by atoms with Gasteiger partial charge in [-0.05, 0) is 25.1 Å². The van der Waals surface area contributed by atoms with E-state index in [-0.39, 0.29) is 12.2 Å². The number of carboxylic acid groups (broad SMARTS) is 1. The Hall–Kier alpha value is -2.32. The van der Waals surface area contributed by atoms with E-state index in [0.717, 1.165) is 18.2 Å². The number of carbonyl (C=O) groups excluding carboxylic acids is 1. The number of nitrogens with zero attached hydrogens (tertiary/aromatic N) is 1. The number of carbonyl (C=O) groups is 2. The number of hydrogen-bond donors (Lipinski definition) is 2. The van der Waals surface area contributed by atoms with Crippen molar-refractivity contribution in [3.63, 3.8) is 0 Å². The van der Waals surface area contributed by atoms with Gasteiger partial charge in [-0.15, -0.1) is 0 Å². The van der Waals surface area contributed by atoms with Crippen molar-refractivity contribution >= 4 is 17.7 Å². The molecule has 0 saturated heterocycles. The summed E-state index contributed by atoms with van der Waals surface area (Å²) in [4.78, 5) is 22.7. The highest BCUT2D eigenvalue weighted by molar-refractivity contribution is 5.91. The van der Waals surface area contributed by atoms with Crippen molar-refractivity contribution in [2.24, 2.45) is 0 Å². The molecule has 0 radical (unpaired) electrons. The number of anilines is 1. The molecular weight excluding hydrogens is 296 g/mol. The van der Waals surface area contributed by atoms with Gasteiger partial charge in [0, 0.05) is 12.2 Å². The molecule has 0 spiro atoms.